The second-order valence-corrected chi connectivity index (χ2v) is 22.4. The summed E-state index contributed by atoms with van der Waals surface area (Å²) < 4.78 is 29.5. The van der Waals surface area contributed by atoms with Gasteiger partial charge in [-0.25, -0.2) is 9.59 Å². The molecule has 5 rings (SSSR count). The highest BCUT2D eigenvalue weighted by atomic mass is 35.5. The zero-order valence-electron chi connectivity index (χ0n) is 41.4. The van der Waals surface area contributed by atoms with Crippen LogP contribution in [-0.4, -0.2) is 127 Å². The van der Waals surface area contributed by atoms with Gasteiger partial charge < -0.3 is 43.9 Å². The number of allylic oxidation sites excluding steroid dienone is 3. The summed E-state index contributed by atoms with van der Waals surface area (Å²) >= 11 is 6.82. The molecule has 4 bridgehead atoms. The lowest BCUT2D eigenvalue weighted by Gasteiger charge is -2.42. The van der Waals surface area contributed by atoms with Gasteiger partial charge in [0.15, 0.2) is 5.72 Å². The zero-order chi connectivity index (χ0) is 49.8. The molecule has 1 aliphatic carbocycles. The minimum absolute atomic E-state index is 0.0602. The molecule has 18 heteroatoms. The van der Waals surface area contributed by atoms with Crippen molar-refractivity contribution in [3.63, 3.8) is 0 Å². The number of carbonyl (C=O) groups excluding carboxylic acids is 5. The molecule has 10 atom stereocenters. The van der Waals surface area contributed by atoms with Crippen LogP contribution in [-0.2, 0) is 44.5 Å². The molecule has 380 valence electrons. The van der Waals surface area contributed by atoms with E-state index in [0.29, 0.717) is 35.9 Å². The summed E-state index contributed by atoms with van der Waals surface area (Å²) in [6, 6.07) is 2.83. The van der Waals surface area contributed by atoms with Crippen molar-refractivity contribution in [1.29, 1.82) is 0 Å². The molecule has 3 N–H and O–H groups in total. The van der Waals surface area contributed by atoms with Crippen molar-refractivity contribution < 1.29 is 52.8 Å². The van der Waals surface area contributed by atoms with Crippen molar-refractivity contribution in [1.82, 2.24) is 15.5 Å². The van der Waals surface area contributed by atoms with E-state index in [4.69, 9.17) is 35.3 Å². The molecule has 3 heterocycles. The van der Waals surface area contributed by atoms with Crippen molar-refractivity contribution in [2.45, 2.75) is 172 Å². The van der Waals surface area contributed by atoms with Gasteiger partial charge in [0.25, 0.3) is 0 Å². The predicted molar refractivity (Wildman–Crippen MR) is 268 cm³/mol. The first kappa shape index (κ1) is 55.4. The number of amides is 4. The first-order valence-electron chi connectivity index (χ1n) is 24.2. The summed E-state index contributed by atoms with van der Waals surface area (Å²) in [5.74, 6) is 0.412. The number of benzene rings is 1. The number of alkyl carbamates (subject to hydrolysis) is 1. The lowest BCUT2D eigenvalue weighted by molar-refractivity contribution is -0.162. The molecule has 2 saturated heterocycles. The monoisotopic (exact) mass is 1010 g/mol. The van der Waals surface area contributed by atoms with Crippen LogP contribution in [0.5, 0.6) is 5.75 Å². The van der Waals surface area contributed by atoms with Crippen LogP contribution in [0, 0.1) is 11.8 Å². The van der Waals surface area contributed by atoms with Crippen LogP contribution in [0.4, 0.5) is 10.5 Å². The third-order valence-electron chi connectivity index (χ3n) is 13.9. The number of nitrogens with zero attached hydrogens (tertiary/aromatic N) is 2. The number of epoxide rings is 1. The number of anilines is 1. The quantitative estimate of drug-likeness (QED) is 0.0700. The van der Waals surface area contributed by atoms with Gasteiger partial charge in [-0.05, 0) is 70.1 Å². The number of hydrogen-bond donors (Lipinski definition) is 3. The first-order valence-corrected chi connectivity index (χ1v) is 27.0. The minimum atomic E-state index is -1.84. The Morgan fingerprint density at radius 2 is 1.78 bits per heavy atom. The largest absolute Gasteiger partial charge is 0.495 e. The molecule has 4 aliphatic rings. The maximum atomic E-state index is 14.3. The fourth-order valence-electron chi connectivity index (χ4n) is 9.50. The molecule has 68 heavy (non-hydrogen) atoms. The van der Waals surface area contributed by atoms with Crippen molar-refractivity contribution in [2.24, 2.45) is 11.8 Å². The van der Waals surface area contributed by atoms with E-state index >= 15 is 0 Å². The normalized spacial score (nSPS) is 31.1. The minimum Gasteiger partial charge on any atom is -0.495 e. The van der Waals surface area contributed by atoms with E-state index in [0.717, 1.165) is 42.6 Å². The molecule has 2 unspecified atom stereocenters. The zero-order valence-corrected chi connectivity index (χ0v) is 43.8. The molecular formula is C50H75ClN4O11S2. The van der Waals surface area contributed by atoms with Crippen molar-refractivity contribution >= 4 is 68.7 Å². The molecule has 3 fully saturated rings. The molecule has 0 radical (unpaired) electrons. The topological polar surface area (TPSA) is 186 Å². The Morgan fingerprint density at radius 3 is 2.50 bits per heavy atom. The third kappa shape index (κ3) is 15.0. The molecule has 4 amide bonds. The van der Waals surface area contributed by atoms with E-state index in [1.165, 1.54) is 56.1 Å². The summed E-state index contributed by atoms with van der Waals surface area (Å²) in [4.78, 5) is 70.3. The van der Waals surface area contributed by atoms with Crippen LogP contribution in [0.3, 0.4) is 0 Å². The highest BCUT2D eigenvalue weighted by molar-refractivity contribution is 8.76. The molecule has 1 saturated carbocycles. The van der Waals surface area contributed by atoms with Crippen molar-refractivity contribution in [3.05, 3.63) is 46.5 Å². The van der Waals surface area contributed by atoms with Gasteiger partial charge in [0.1, 0.15) is 40.7 Å². The number of halogens is 1. The maximum Gasteiger partial charge on any atom is 0.409 e. The summed E-state index contributed by atoms with van der Waals surface area (Å²) in [7, 11) is 9.24. The van der Waals surface area contributed by atoms with E-state index in [1.54, 1.807) is 80.7 Å². The molecule has 15 nitrogen and oxygen atoms in total. The Labute approximate surface area is 416 Å². The molecule has 0 spiro atoms. The average molecular weight is 1010 g/mol. The smallest absolute Gasteiger partial charge is 0.409 e. The van der Waals surface area contributed by atoms with Crippen LogP contribution >= 0.6 is 33.2 Å². The van der Waals surface area contributed by atoms with Crippen LogP contribution in [0.15, 0.2) is 35.9 Å². The number of esters is 1. The number of rotatable bonds is 14. The molecule has 3 aliphatic heterocycles. The van der Waals surface area contributed by atoms with Crippen LogP contribution < -0.4 is 20.3 Å². The number of likely N-dealkylation sites (N-methyl/N-ethyl adjacent to an activating group) is 1. The summed E-state index contributed by atoms with van der Waals surface area (Å²) in [6.45, 7) is 9.33. The Bertz CT molecular complexity index is 1990. The maximum absolute atomic E-state index is 14.3. The molecular weight excluding hydrogens is 932 g/mol. The van der Waals surface area contributed by atoms with Crippen LogP contribution in [0.1, 0.15) is 124 Å². The Morgan fingerprint density at radius 1 is 1.07 bits per heavy atom. The summed E-state index contributed by atoms with van der Waals surface area (Å²) in [5.41, 5.74) is -0.967. The number of ether oxygens (including phenoxy) is 5. The highest BCUT2D eigenvalue weighted by Gasteiger charge is 2.64. The van der Waals surface area contributed by atoms with Gasteiger partial charge in [0.2, 0.25) is 17.7 Å². The number of carbonyl (C=O) groups is 5. The molecule has 1 aromatic rings. The standard InChI is InChI=1S/C50H75ClN4O11S2/c1-31-18-15-20-40(63-9)50(61)30-39(64-48(60)53-50)33(3)46-49(5,66-46)41(29-44(58)55(7)37-27-35(25-31)28-38(62-8)45(37)51)65-47(59)34(4)54(6)43(57)22-24-68-67-23-16-21-42(56)52-36-19-14-12-10-11-13-17-32(2)26-36/h15,18,20,27-28,32-34,36,39-41,46,61H,10-14,16-17,19,21-26,29-30H2,1-9H3,(H,52,56)(H,53,60)/b20-15+,31-18+/t32?,33-,34+,36?,39+,40-,41+,46+,49+,50+/m1/s1. The van der Waals surface area contributed by atoms with Gasteiger partial charge in [0.05, 0.1) is 25.3 Å². The van der Waals surface area contributed by atoms with Gasteiger partial charge in [0, 0.05) is 63.9 Å². The number of fused-ring (bicyclic) bond motifs is 5. The van der Waals surface area contributed by atoms with Gasteiger partial charge in [-0.2, -0.15) is 0 Å². The Hall–Kier alpha value is -3.48. The van der Waals surface area contributed by atoms with Crippen molar-refractivity contribution in [3.8, 4) is 5.75 Å². The predicted octanol–water partition coefficient (Wildman–Crippen LogP) is 8.32. The molecule has 0 aromatic heterocycles. The van der Waals surface area contributed by atoms with E-state index in [1.807, 2.05) is 13.0 Å². The number of methoxy groups -OCH3 is 2. The van der Waals surface area contributed by atoms with Gasteiger partial charge in [-0.15, -0.1) is 0 Å². The fourth-order valence-corrected chi connectivity index (χ4v) is 11.9. The second kappa shape index (κ2) is 25.6. The average Bonchev–Trinajstić information content (AvgIpc) is 3.99. The number of aliphatic hydroxyl groups is 1. The second-order valence-electron chi connectivity index (χ2n) is 19.4. The van der Waals surface area contributed by atoms with Crippen molar-refractivity contribution in [2.75, 3.05) is 44.7 Å². The first-order chi connectivity index (χ1) is 32.3. The molecule has 1 aromatic carbocycles. The third-order valence-corrected chi connectivity index (χ3v) is 16.8. The Balaban J connectivity index is 1.23. The van der Waals surface area contributed by atoms with E-state index in [2.05, 4.69) is 17.6 Å². The van der Waals surface area contributed by atoms with E-state index < -0.39 is 65.7 Å². The lowest BCUT2D eigenvalue weighted by atomic mass is 9.83. The Kier molecular flexibility index (Phi) is 20.9. The highest BCUT2D eigenvalue weighted by Crippen LogP contribution is 2.49. The summed E-state index contributed by atoms with van der Waals surface area (Å²) in [6.07, 6.45) is 11.8. The van der Waals surface area contributed by atoms with Crippen LogP contribution in [0.2, 0.25) is 5.02 Å². The lowest BCUT2D eigenvalue weighted by Crippen LogP contribution is -2.63. The summed E-state index contributed by atoms with van der Waals surface area (Å²) in [5, 5.41) is 17.9. The number of nitrogens with one attached hydrogen (secondary N) is 2. The SMILES string of the molecule is COc1cc2cc(c1Cl)N(C)C(=O)C[C@H](OC(=O)[C@H](C)N(C)C(=O)CCSSCCCC(=O)NC1CCCCCCCC(C)C1)[C@]1(C)O[C@H]1[C@H](C)[C@@H]1C[C@@](O)(NC(=O)O1)[C@H](OC)/C=C/C=C(\C)C2. The van der Waals surface area contributed by atoms with Gasteiger partial charge in [-0.3, -0.25) is 19.7 Å². The van der Waals surface area contributed by atoms with E-state index in [-0.39, 0.29) is 42.1 Å². The van der Waals surface area contributed by atoms with Crippen LogP contribution in [0.25, 0.3) is 0 Å². The van der Waals surface area contributed by atoms with E-state index in [9.17, 15) is 29.1 Å². The fraction of sp³-hybridized carbons (Fsp3) is 0.700. The number of hydrogen-bond acceptors (Lipinski definition) is 13. The van der Waals surface area contributed by atoms with Gasteiger partial charge >= 0.3 is 12.1 Å². The van der Waals surface area contributed by atoms with Gasteiger partial charge in [-0.1, -0.05) is 109 Å².